The zero-order valence-corrected chi connectivity index (χ0v) is 11.9. The summed E-state index contributed by atoms with van der Waals surface area (Å²) in [6, 6.07) is 3.67. The van der Waals surface area contributed by atoms with Gasteiger partial charge in [0.2, 0.25) is 11.8 Å². The first kappa shape index (κ1) is 12.8. The second-order valence-electron chi connectivity index (χ2n) is 5.59. The Morgan fingerprint density at radius 3 is 2.67 bits per heavy atom. The molecule has 0 radical (unpaired) electrons. The van der Waals surface area contributed by atoms with Crippen LogP contribution in [0.25, 0.3) is 5.65 Å². The third kappa shape index (κ3) is 2.02. The van der Waals surface area contributed by atoms with E-state index in [1.54, 1.807) is 6.07 Å². The molecule has 2 saturated heterocycles. The van der Waals surface area contributed by atoms with Crippen LogP contribution in [0.2, 0.25) is 5.02 Å². The standard InChI is InChI=1S/C14H13ClN4O2/c15-8-1-2-12-16-3-9(19(12)4-8)5-18-6-10-11(7-18)14(21)17-13(10)20/h1-4,10-11H,5-7H2,(H,17,20,21)/t10-,11+. The minimum atomic E-state index is -0.208. The number of aromatic nitrogens is 2. The molecule has 7 heteroatoms. The van der Waals surface area contributed by atoms with E-state index in [-0.39, 0.29) is 23.7 Å². The molecule has 0 bridgehead atoms. The van der Waals surface area contributed by atoms with Crippen LogP contribution < -0.4 is 5.32 Å². The van der Waals surface area contributed by atoms with Crippen LogP contribution in [0.5, 0.6) is 0 Å². The summed E-state index contributed by atoms with van der Waals surface area (Å²) in [5.74, 6) is -0.706. The maximum absolute atomic E-state index is 11.7. The molecule has 21 heavy (non-hydrogen) atoms. The molecule has 2 fully saturated rings. The van der Waals surface area contributed by atoms with E-state index in [1.807, 2.05) is 22.9 Å². The van der Waals surface area contributed by atoms with Crippen molar-refractivity contribution in [1.82, 2.24) is 19.6 Å². The predicted molar refractivity (Wildman–Crippen MR) is 75.6 cm³/mol. The van der Waals surface area contributed by atoms with Crippen LogP contribution in [-0.4, -0.2) is 39.2 Å². The second kappa shape index (κ2) is 4.54. The molecule has 0 unspecified atom stereocenters. The summed E-state index contributed by atoms with van der Waals surface area (Å²) < 4.78 is 1.94. The number of carbonyl (C=O) groups excluding carboxylic acids is 2. The van der Waals surface area contributed by atoms with Crippen molar-refractivity contribution in [2.75, 3.05) is 13.1 Å². The van der Waals surface area contributed by atoms with Gasteiger partial charge in [0.1, 0.15) is 5.65 Å². The zero-order chi connectivity index (χ0) is 14.6. The summed E-state index contributed by atoms with van der Waals surface area (Å²) in [4.78, 5) is 29.8. The van der Waals surface area contributed by atoms with E-state index in [1.165, 1.54) is 0 Å². The molecular weight excluding hydrogens is 292 g/mol. The monoisotopic (exact) mass is 304 g/mol. The van der Waals surface area contributed by atoms with Crippen LogP contribution in [-0.2, 0) is 16.1 Å². The van der Waals surface area contributed by atoms with E-state index in [0.717, 1.165) is 11.3 Å². The average molecular weight is 305 g/mol. The maximum Gasteiger partial charge on any atom is 0.231 e. The van der Waals surface area contributed by atoms with Gasteiger partial charge in [0.25, 0.3) is 0 Å². The van der Waals surface area contributed by atoms with Gasteiger partial charge in [-0.2, -0.15) is 0 Å². The first-order valence-electron chi connectivity index (χ1n) is 6.80. The van der Waals surface area contributed by atoms with Crippen molar-refractivity contribution in [3.05, 3.63) is 35.2 Å². The molecule has 2 atom stereocenters. The number of carbonyl (C=O) groups is 2. The third-order valence-corrected chi connectivity index (χ3v) is 4.47. The molecule has 0 aromatic carbocycles. The number of hydrogen-bond donors (Lipinski definition) is 1. The fraction of sp³-hybridized carbons (Fsp3) is 0.357. The van der Waals surface area contributed by atoms with Gasteiger partial charge < -0.3 is 4.40 Å². The molecule has 2 aliphatic rings. The van der Waals surface area contributed by atoms with Crippen molar-refractivity contribution in [3.8, 4) is 0 Å². The summed E-state index contributed by atoms with van der Waals surface area (Å²) in [6.45, 7) is 1.86. The largest absolute Gasteiger partial charge is 0.301 e. The van der Waals surface area contributed by atoms with Gasteiger partial charge in [0.15, 0.2) is 0 Å². The molecule has 1 N–H and O–H groups in total. The lowest BCUT2D eigenvalue weighted by Crippen LogP contribution is -2.31. The Labute approximate surface area is 125 Å². The molecule has 108 valence electrons. The van der Waals surface area contributed by atoms with Crippen molar-refractivity contribution in [1.29, 1.82) is 0 Å². The number of imide groups is 1. The summed E-state index contributed by atoms with van der Waals surface area (Å²) in [7, 11) is 0. The van der Waals surface area contributed by atoms with Crippen molar-refractivity contribution >= 4 is 29.1 Å². The van der Waals surface area contributed by atoms with Crippen molar-refractivity contribution in [2.24, 2.45) is 11.8 Å². The van der Waals surface area contributed by atoms with Crippen LogP contribution in [0.1, 0.15) is 5.69 Å². The Kier molecular flexibility index (Phi) is 2.77. The van der Waals surface area contributed by atoms with Gasteiger partial charge in [0.05, 0.1) is 28.7 Å². The van der Waals surface area contributed by atoms with E-state index in [4.69, 9.17) is 11.6 Å². The van der Waals surface area contributed by atoms with Gasteiger partial charge in [-0.15, -0.1) is 0 Å². The van der Waals surface area contributed by atoms with Crippen LogP contribution in [0.15, 0.2) is 24.5 Å². The maximum atomic E-state index is 11.7. The van der Waals surface area contributed by atoms with Gasteiger partial charge >= 0.3 is 0 Å². The van der Waals surface area contributed by atoms with Crippen LogP contribution in [0.3, 0.4) is 0 Å². The van der Waals surface area contributed by atoms with Crippen LogP contribution in [0.4, 0.5) is 0 Å². The lowest BCUT2D eigenvalue weighted by Gasteiger charge is -2.16. The zero-order valence-electron chi connectivity index (χ0n) is 11.1. The Morgan fingerprint density at radius 2 is 1.95 bits per heavy atom. The highest BCUT2D eigenvalue weighted by Gasteiger charge is 2.47. The number of nitrogens with one attached hydrogen (secondary N) is 1. The highest BCUT2D eigenvalue weighted by Crippen LogP contribution is 2.29. The second-order valence-corrected chi connectivity index (χ2v) is 6.02. The quantitative estimate of drug-likeness (QED) is 0.829. The van der Waals surface area contributed by atoms with E-state index >= 15 is 0 Å². The van der Waals surface area contributed by atoms with Gasteiger partial charge in [0, 0.05) is 25.8 Å². The molecule has 2 amide bonds. The molecular formula is C14H13ClN4O2. The van der Waals surface area contributed by atoms with E-state index in [0.29, 0.717) is 24.7 Å². The number of imidazole rings is 1. The molecule has 0 spiro atoms. The Balaban J connectivity index is 1.58. The molecule has 4 heterocycles. The van der Waals surface area contributed by atoms with E-state index in [9.17, 15) is 9.59 Å². The average Bonchev–Trinajstić information content (AvgIpc) is 3.09. The third-order valence-electron chi connectivity index (χ3n) is 4.25. The predicted octanol–water partition coefficient (Wildman–Crippen LogP) is 0.692. The molecule has 2 aromatic rings. The number of nitrogens with zero attached hydrogens (tertiary/aromatic N) is 3. The summed E-state index contributed by atoms with van der Waals surface area (Å²) >= 11 is 6.02. The van der Waals surface area contributed by atoms with Gasteiger partial charge in [-0.3, -0.25) is 19.8 Å². The SMILES string of the molecule is O=C1NC(=O)[C@@H]2CN(Cc3cnc4ccc(Cl)cn34)C[C@H]12. The number of hydrogen-bond acceptors (Lipinski definition) is 4. The molecule has 2 aliphatic heterocycles. The van der Waals surface area contributed by atoms with Crippen molar-refractivity contribution in [3.63, 3.8) is 0 Å². The highest BCUT2D eigenvalue weighted by molar-refractivity contribution is 6.30. The van der Waals surface area contributed by atoms with E-state index in [2.05, 4.69) is 15.2 Å². The number of rotatable bonds is 2. The first-order valence-corrected chi connectivity index (χ1v) is 7.18. The minimum Gasteiger partial charge on any atom is -0.301 e. The smallest absolute Gasteiger partial charge is 0.231 e. The number of pyridine rings is 1. The number of halogens is 1. The van der Waals surface area contributed by atoms with Crippen LogP contribution >= 0.6 is 11.6 Å². The van der Waals surface area contributed by atoms with Crippen LogP contribution in [0, 0.1) is 11.8 Å². The Morgan fingerprint density at radius 1 is 1.24 bits per heavy atom. The minimum absolute atomic E-state index is 0.145. The Bertz CT molecular complexity index is 735. The summed E-state index contributed by atoms with van der Waals surface area (Å²) in [5.41, 5.74) is 1.84. The summed E-state index contributed by atoms with van der Waals surface area (Å²) in [5, 5.41) is 3.04. The van der Waals surface area contributed by atoms with E-state index < -0.39 is 0 Å². The lowest BCUT2D eigenvalue weighted by molar-refractivity contribution is -0.126. The number of likely N-dealkylation sites (tertiary alicyclic amines) is 1. The van der Waals surface area contributed by atoms with Gasteiger partial charge in [-0.1, -0.05) is 11.6 Å². The summed E-state index contributed by atoms with van der Waals surface area (Å²) in [6.07, 6.45) is 3.63. The number of amides is 2. The lowest BCUT2D eigenvalue weighted by atomic mass is 10.00. The van der Waals surface area contributed by atoms with Gasteiger partial charge in [-0.05, 0) is 12.1 Å². The van der Waals surface area contributed by atoms with Crippen molar-refractivity contribution < 1.29 is 9.59 Å². The molecule has 0 aliphatic carbocycles. The van der Waals surface area contributed by atoms with Crippen molar-refractivity contribution in [2.45, 2.75) is 6.54 Å². The molecule has 2 aromatic heterocycles. The molecule has 0 saturated carbocycles. The first-order chi connectivity index (χ1) is 10.1. The fourth-order valence-electron chi connectivity index (χ4n) is 3.20. The normalized spacial score (nSPS) is 25.6. The molecule has 6 nitrogen and oxygen atoms in total. The van der Waals surface area contributed by atoms with Gasteiger partial charge in [-0.25, -0.2) is 4.98 Å². The number of fused-ring (bicyclic) bond motifs is 2. The highest BCUT2D eigenvalue weighted by atomic mass is 35.5. The Hall–Kier alpha value is -1.92. The fourth-order valence-corrected chi connectivity index (χ4v) is 3.36. The topological polar surface area (TPSA) is 66.7 Å². The molecule has 4 rings (SSSR count).